The van der Waals surface area contributed by atoms with Crippen LogP contribution in [0.15, 0.2) is 24.3 Å². The van der Waals surface area contributed by atoms with Crippen molar-refractivity contribution in [2.24, 2.45) is 5.41 Å². The van der Waals surface area contributed by atoms with Crippen LogP contribution >= 0.6 is 0 Å². The lowest BCUT2D eigenvalue weighted by molar-refractivity contribution is 0.0706. The SMILES string of the molecule is CCC1(C)CCN(C2Cc3ccccc3C2NC)CC1. The summed E-state index contributed by atoms with van der Waals surface area (Å²) in [6.45, 7) is 7.34. The number of piperidine rings is 1. The van der Waals surface area contributed by atoms with Crippen molar-refractivity contribution in [1.82, 2.24) is 10.2 Å². The molecule has 2 aliphatic rings. The van der Waals surface area contributed by atoms with E-state index >= 15 is 0 Å². The van der Waals surface area contributed by atoms with Crippen molar-refractivity contribution in [2.75, 3.05) is 20.1 Å². The van der Waals surface area contributed by atoms with Gasteiger partial charge in [0.2, 0.25) is 0 Å². The molecule has 0 saturated carbocycles. The van der Waals surface area contributed by atoms with Crippen molar-refractivity contribution in [1.29, 1.82) is 0 Å². The maximum absolute atomic E-state index is 3.56. The van der Waals surface area contributed by atoms with Crippen molar-refractivity contribution in [2.45, 2.75) is 51.6 Å². The first-order valence-electron chi connectivity index (χ1n) is 8.16. The number of rotatable bonds is 3. The van der Waals surface area contributed by atoms with E-state index in [2.05, 4.69) is 55.4 Å². The van der Waals surface area contributed by atoms with Gasteiger partial charge in [-0.15, -0.1) is 0 Å². The van der Waals surface area contributed by atoms with Crippen LogP contribution < -0.4 is 5.32 Å². The molecule has 2 heteroatoms. The average molecular weight is 272 g/mol. The van der Waals surface area contributed by atoms with Gasteiger partial charge in [0.15, 0.2) is 0 Å². The van der Waals surface area contributed by atoms with E-state index in [1.807, 2.05) is 0 Å². The monoisotopic (exact) mass is 272 g/mol. The molecule has 1 aromatic carbocycles. The molecule has 1 N–H and O–H groups in total. The van der Waals surface area contributed by atoms with Crippen molar-refractivity contribution in [3.63, 3.8) is 0 Å². The number of benzene rings is 1. The highest BCUT2D eigenvalue weighted by atomic mass is 15.2. The molecule has 1 heterocycles. The van der Waals surface area contributed by atoms with Gasteiger partial charge in [0, 0.05) is 12.1 Å². The van der Waals surface area contributed by atoms with Crippen molar-refractivity contribution >= 4 is 0 Å². The largest absolute Gasteiger partial charge is 0.312 e. The van der Waals surface area contributed by atoms with Crippen LogP contribution in [0.25, 0.3) is 0 Å². The fraction of sp³-hybridized carbons (Fsp3) is 0.667. The molecule has 1 fully saturated rings. The number of hydrogen-bond acceptors (Lipinski definition) is 2. The van der Waals surface area contributed by atoms with E-state index in [1.54, 1.807) is 5.56 Å². The van der Waals surface area contributed by atoms with Crippen LogP contribution in [-0.2, 0) is 6.42 Å². The molecule has 1 aliphatic heterocycles. The maximum atomic E-state index is 3.56. The fourth-order valence-electron chi connectivity index (χ4n) is 4.01. The predicted octanol–water partition coefficient (Wildman–Crippen LogP) is 3.38. The van der Waals surface area contributed by atoms with Crippen molar-refractivity contribution in [3.8, 4) is 0 Å². The molecule has 2 unspecified atom stereocenters. The lowest BCUT2D eigenvalue weighted by Crippen LogP contribution is -2.48. The molecular weight excluding hydrogens is 244 g/mol. The summed E-state index contributed by atoms with van der Waals surface area (Å²) in [5.74, 6) is 0. The van der Waals surface area contributed by atoms with Gasteiger partial charge in [0.25, 0.3) is 0 Å². The zero-order chi connectivity index (χ0) is 14.2. The molecule has 0 spiro atoms. The molecule has 1 aliphatic carbocycles. The molecule has 1 saturated heterocycles. The average Bonchev–Trinajstić information content (AvgIpc) is 2.86. The molecule has 20 heavy (non-hydrogen) atoms. The summed E-state index contributed by atoms with van der Waals surface area (Å²) in [4.78, 5) is 2.73. The van der Waals surface area contributed by atoms with Gasteiger partial charge in [-0.05, 0) is 55.9 Å². The maximum Gasteiger partial charge on any atom is 0.0481 e. The Morgan fingerprint density at radius 1 is 1.25 bits per heavy atom. The van der Waals surface area contributed by atoms with Gasteiger partial charge in [-0.1, -0.05) is 44.5 Å². The predicted molar refractivity (Wildman–Crippen MR) is 84.9 cm³/mol. The second kappa shape index (κ2) is 5.50. The Bertz CT molecular complexity index is 460. The third-order valence-corrected chi connectivity index (χ3v) is 5.84. The highest BCUT2D eigenvalue weighted by molar-refractivity contribution is 5.37. The number of nitrogens with zero attached hydrogens (tertiary/aromatic N) is 1. The van der Waals surface area contributed by atoms with Gasteiger partial charge < -0.3 is 5.32 Å². The van der Waals surface area contributed by atoms with Crippen LogP contribution in [0.2, 0.25) is 0 Å². The Balaban J connectivity index is 1.73. The lowest BCUT2D eigenvalue weighted by Gasteiger charge is -2.43. The quantitative estimate of drug-likeness (QED) is 0.907. The Kier molecular flexibility index (Phi) is 3.87. The molecule has 0 aromatic heterocycles. The second-order valence-electron chi connectivity index (χ2n) is 6.94. The van der Waals surface area contributed by atoms with E-state index in [-0.39, 0.29) is 0 Å². The van der Waals surface area contributed by atoms with Crippen LogP contribution in [0.3, 0.4) is 0 Å². The van der Waals surface area contributed by atoms with Crippen molar-refractivity contribution < 1.29 is 0 Å². The first-order chi connectivity index (χ1) is 9.67. The Morgan fingerprint density at radius 3 is 2.60 bits per heavy atom. The van der Waals surface area contributed by atoms with Gasteiger partial charge in [-0.2, -0.15) is 0 Å². The van der Waals surface area contributed by atoms with Crippen LogP contribution in [0.4, 0.5) is 0 Å². The number of nitrogens with one attached hydrogen (secondary N) is 1. The Labute approximate surface area is 123 Å². The van der Waals surface area contributed by atoms with Crippen LogP contribution in [0.5, 0.6) is 0 Å². The first-order valence-corrected chi connectivity index (χ1v) is 8.16. The second-order valence-corrected chi connectivity index (χ2v) is 6.94. The fourth-order valence-corrected chi connectivity index (χ4v) is 4.01. The molecule has 110 valence electrons. The summed E-state index contributed by atoms with van der Waals surface area (Å²) in [6.07, 6.45) is 5.24. The number of likely N-dealkylation sites (N-methyl/N-ethyl adjacent to an activating group) is 1. The molecule has 3 rings (SSSR count). The normalized spacial score (nSPS) is 29.4. The van der Waals surface area contributed by atoms with Gasteiger partial charge in [0.05, 0.1) is 0 Å². The number of likely N-dealkylation sites (tertiary alicyclic amines) is 1. The molecule has 1 aromatic rings. The molecule has 0 bridgehead atoms. The van der Waals surface area contributed by atoms with Gasteiger partial charge in [-0.3, -0.25) is 4.90 Å². The minimum absolute atomic E-state index is 0.511. The van der Waals surface area contributed by atoms with Crippen LogP contribution in [0, 0.1) is 5.41 Å². The van der Waals surface area contributed by atoms with E-state index in [0.29, 0.717) is 17.5 Å². The van der Waals surface area contributed by atoms with Crippen LogP contribution in [-0.4, -0.2) is 31.1 Å². The zero-order valence-electron chi connectivity index (χ0n) is 13.2. The highest BCUT2D eigenvalue weighted by Crippen LogP contribution is 2.39. The molecule has 2 nitrogen and oxygen atoms in total. The third-order valence-electron chi connectivity index (χ3n) is 5.84. The minimum Gasteiger partial charge on any atom is -0.312 e. The summed E-state index contributed by atoms with van der Waals surface area (Å²) < 4.78 is 0. The summed E-state index contributed by atoms with van der Waals surface area (Å²) >= 11 is 0. The summed E-state index contributed by atoms with van der Waals surface area (Å²) in [5, 5.41) is 3.56. The third kappa shape index (κ3) is 2.40. The smallest absolute Gasteiger partial charge is 0.0481 e. The van der Waals surface area contributed by atoms with E-state index in [1.165, 1.54) is 44.3 Å². The van der Waals surface area contributed by atoms with E-state index in [4.69, 9.17) is 0 Å². The van der Waals surface area contributed by atoms with E-state index < -0.39 is 0 Å². The standard InChI is InChI=1S/C18H28N2/c1-4-18(2)9-11-20(12-10-18)16-13-14-7-5-6-8-15(14)17(16)19-3/h5-8,16-17,19H,4,9-13H2,1-3H3. The van der Waals surface area contributed by atoms with Gasteiger partial charge in [0.1, 0.15) is 0 Å². The van der Waals surface area contributed by atoms with Crippen molar-refractivity contribution in [3.05, 3.63) is 35.4 Å². The molecule has 0 amide bonds. The van der Waals surface area contributed by atoms with E-state index in [9.17, 15) is 0 Å². The molecule has 2 atom stereocenters. The molecular formula is C18H28N2. The molecule has 0 radical (unpaired) electrons. The highest BCUT2D eigenvalue weighted by Gasteiger charge is 2.38. The zero-order valence-corrected chi connectivity index (χ0v) is 13.2. The van der Waals surface area contributed by atoms with Gasteiger partial charge in [-0.25, -0.2) is 0 Å². The first kappa shape index (κ1) is 14.1. The Morgan fingerprint density at radius 2 is 1.95 bits per heavy atom. The summed E-state index contributed by atoms with van der Waals surface area (Å²) in [6, 6.07) is 10.1. The number of hydrogen-bond donors (Lipinski definition) is 1. The summed E-state index contributed by atoms with van der Waals surface area (Å²) in [7, 11) is 2.11. The summed E-state index contributed by atoms with van der Waals surface area (Å²) in [5.41, 5.74) is 3.64. The Hall–Kier alpha value is -0.860. The topological polar surface area (TPSA) is 15.3 Å². The van der Waals surface area contributed by atoms with E-state index in [0.717, 1.165) is 0 Å². The lowest BCUT2D eigenvalue weighted by atomic mass is 9.78. The minimum atomic E-state index is 0.511. The van der Waals surface area contributed by atoms with Gasteiger partial charge >= 0.3 is 0 Å². The number of fused-ring (bicyclic) bond motifs is 1. The van der Waals surface area contributed by atoms with Crippen LogP contribution in [0.1, 0.15) is 50.3 Å².